The molecule has 1 heterocycles. The van der Waals surface area contributed by atoms with Gasteiger partial charge in [0, 0.05) is 12.5 Å². The Morgan fingerprint density at radius 2 is 1.70 bits per heavy atom. The molecule has 0 aromatic heterocycles. The van der Waals surface area contributed by atoms with Crippen molar-refractivity contribution in [1.82, 2.24) is 5.32 Å². The van der Waals surface area contributed by atoms with E-state index in [9.17, 15) is 9.59 Å². The molecule has 1 saturated heterocycles. The number of carbonyl (C=O) groups is 2. The van der Waals surface area contributed by atoms with Gasteiger partial charge in [-0.15, -0.1) is 17.0 Å². The molecule has 20 heavy (non-hydrogen) atoms. The number of nitrogens with one attached hydrogen (secondary N) is 1. The van der Waals surface area contributed by atoms with Crippen molar-refractivity contribution in [2.45, 2.75) is 12.3 Å². The van der Waals surface area contributed by atoms with Crippen LogP contribution < -0.4 is 5.32 Å². The maximum Gasteiger partial charge on any atom is 0.226 e. The molecule has 0 amide bonds. The second kappa shape index (κ2) is 6.29. The summed E-state index contributed by atoms with van der Waals surface area (Å²) in [6.45, 7) is 1.64. The van der Waals surface area contributed by atoms with Gasteiger partial charge in [0.15, 0.2) is 0 Å². The summed E-state index contributed by atoms with van der Waals surface area (Å²) in [6.07, 6.45) is 3.84. The molecule has 1 aromatic carbocycles. The Morgan fingerprint density at radius 1 is 1.00 bits per heavy atom. The molecule has 1 aliphatic heterocycles. The summed E-state index contributed by atoms with van der Waals surface area (Å²) in [5, 5.41) is 3.38. The van der Waals surface area contributed by atoms with Gasteiger partial charge in [-0.2, -0.15) is 0 Å². The second-order valence-corrected chi connectivity index (χ2v) is 4.92. The lowest BCUT2D eigenvalue weighted by Crippen LogP contribution is -2.21. The summed E-state index contributed by atoms with van der Waals surface area (Å²) in [4.78, 5) is 23.2. The second-order valence-electron chi connectivity index (χ2n) is 4.92. The SMILES string of the molecule is Br.O=C1C=C2CCNCC(c3ccccc3)C2=CC1=O. The molecule has 3 nitrogen and oxygen atoms in total. The highest BCUT2D eigenvalue weighted by atomic mass is 79.9. The van der Waals surface area contributed by atoms with Gasteiger partial charge in [0.1, 0.15) is 0 Å². The Balaban J connectivity index is 0.00000147. The van der Waals surface area contributed by atoms with Crippen LogP contribution in [0.4, 0.5) is 0 Å². The van der Waals surface area contributed by atoms with Gasteiger partial charge in [-0.3, -0.25) is 9.59 Å². The van der Waals surface area contributed by atoms with Gasteiger partial charge in [-0.05, 0) is 41.8 Å². The van der Waals surface area contributed by atoms with Crippen LogP contribution in [0.3, 0.4) is 0 Å². The zero-order valence-corrected chi connectivity index (χ0v) is 12.7. The highest BCUT2D eigenvalue weighted by Gasteiger charge is 2.28. The van der Waals surface area contributed by atoms with E-state index in [4.69, 9.17) is 0 Å². The fraction of sp³-hybridized carbons (Fsp3) is 0.250. The van der Waals surface area contributed by atoms with E-state index in [0.717, 1.165) is 30.7 Å². The highest BCUT2D eigenvalue weighted by molar-refractivity contribution is 8.93. The van der Waals surface area contributed by atoms with E-state index in [2.05, 4.69) is 17.4 Å². The van der Waals surface area contributed by atoms with Crippen molar-refractivity contribution in [3.8, 4) is 0 Å². The molecule has 0 bridgehead atoms. The molecular formula is C16H16BrNO2. The Kier molecular flexibility index (Phi) is 4.68. The molecule has 0 radical (unpaired) electrons. The van der Waals surface area contributed by atoms with Gasteiger partial charge in [-0.25, -0.2) is 0 Å². The third-order valence-corrected chi connectivity index (χ3v) is 3.70. The van der Waals surface area contributed by atoms with E-state index < -0.39 is 11.6 Å². The lowest BCUT2D eigenvalue weighted by Gasteiger charge is -2.21. The Bertz CT molecular complexity index is 590. The molecule has 1 fully saturated rings. The first-order valence-corrected chi connectivity index (χ1v) is 6.52. The molecule has 3 rings (SSSR count). The van der Waals surface area contributed by atoms with E-state index in [1.54, 1.807) is 0 Å². The summed E-state index contributed by atoms with van der Waals surface area (Å²) in [5.41, 5.74) is 3.18. The fourth-order valence-electron chi connectivity index (χ4n) is 2.72. The molecule has 1 aromatic rings. The predicted octanol–water partition coefficient (Wildman–Crippen LogP) is 2.35. The maximum absolute atomic E-state index is 11.6. The number of hydrogen-bond acceptors (Lipinski definition) is 3. The first kappa shape index (κ1) is 14.9. The van der Waals surface area contributed by atoms with E-state index >= 15 is 0 Å². The summed E-state index contributed by atoms with van der Waals surface area (Å²) in [6, 6.07) is 10.1. The zero-order valence-electron chi connectivity index (χ0n) is 11.0. The quantitative estimate of drug-likeness (QED) is 0.633. The molecule has 2 aliphatic rings. The monoisotopic (exact) mass is 333 g/mol. The van der Waals surface area contributed by atoms with E-state index in [0.29, 0.717) is 0 Å². The van der Waals surface area contributed by atoms with Crippen LogP contribution >= 0.6 is 17.0 Å². The number of rotatable bonds is 1. The number of carbonyl (C=O) groups excluding carboxylic acids is 2. The summed E-state index contributed by atoms with van der Waals surface area (Å²) in [7, 11) is 0. The molecule has 1 unspecified atom stereocenters. The van der Waals surface area contributed by atoms with Gasteiger partial charge >= 0.3 is 0 Å². The van der Waals surface area contributed by atoms with Crippen molar-refractivity contribution in [2.24, 2.45) is 0 Å². The van der Waals surface area contributed by atoms with Crippen LogP contribution in [0, 0.1) is 0 Å². The third kappa shape index (κ3) is 2.81. The number of halogens is 1. The van der Waals surface area contributed by atoms with Gasteiger partial charge < -0.3 is 5.32 Å². The minimum Gasteiger partial charge on any atom is -0.315 e. The van der Waals surface area contributed by atoms with Gasteiger partial charge in [-0.1, -0.05) is 30.3 Å². The van der Waals surface area contributed by atoms with Gasteiger partial charge in [0.05, 0.1) is 0 Å². The standard InChI is InChI=1S/C16H15NO2.BrH/c18-15-8-12-6-7-17-10-14(13(12)9-16(15)19)11-4-2-1-3-5-11;/h1-5,8-9,14,17H,6-7,10H2;1H. The first-order chi connectivity index (χ1) is 9.25. The lowest BCUT2D eigenvalue weighted by atomic mass is 9.82. The minimum absolute atomic E-state index is 0. The van der Waals surface area contributed by atoms with Crippen molar-refractivity contribution in [1.29, 1.82) is 0 Å². The van der Waals surface area contributed by atoms with Crippen LogP contribution in [0.15, 0.2) is 53.6 Å². The lowest BCUT2D eigenvalue weighted by molar-refractivity contribution is -0.131. The largest absolute Gasteiger partial charge is 0.315 e. The third-order valence-electron chi connectivity index (χ3n) is 3.70. The van der Waals surface area contributed by atoms with Crippen molar-refractivity contribution in [3.63, 3.8) is 0 Å². The molecular weight excluding hydrogens is 318 g/mol. The zero-order chi connectivity index (χ0) is 13.2. The topological polar surface area (TPSA) is 46.2 Å². The van der Waals surface area contributed by atoms with Crippen LogP contribution in [-0.4, -0.2) is 24.7 Å². The molecule has 0 spiro atoms. The summed E-state index contributed by atoms with van der Waals surface area (Å²) >= 11 is 0. The van der Waals surface area contributed by atoms with Crippen molar-refractivity contribution in [2.75, 3.05) is 13.1 Å². The van der Waals surface area contributed by atoms with Crippen LogP contribution in [-0.2, 0) is 9.59 Å². The predicted molar refractivity (Wildman–Crippen MR) is 83.2 cm³/mol. The van der Waals surface area contributed by atoms with E-state index in [-0.39, 0.29) is 22.9 Å². The molecule has 1 atom stereocenters. The Hall–Kier alpha value is -1.52. The van der Waals surface area contributed by atoms with Crippen LogP contribution in [0.25, 0.3) is 0 Å². The Morgan fingerprint density at radius 3 is 2.45 bits per heavy atom. The van der Waals surface area contributed by atoms with Crippen molar-refractivity contribution >= 4 is 28.5 Å². The number of benzene rings is 1. The average Bonchev–Trinajstić information content (AvgIpc) is 2.63. The normalized spacial score (nSPS) is 22.1. The molecule has 4 heteroatoms. The van der Waals surface area contributed by atoms with E-state index in [1.165, 1.54) is 17.7 Å². The molecule has 1 aliphatic carbocycles. The summed E-state index contributed by atoms with van der Waals surface area (Å²) in [5.74, 6) is -0.652. The number of fused-ring (bicyclic) bond motifs is 1. The number of allylic oxidation sites excluding steroid dienone is 2. The van der Waals surface area contributed by atoms with Gasteiger partial charge in [0.2, 0.25) is 11.6 Å². The summed E-state index contributed by atoms with van der Waals surface area (Å²) < 4.78 is 0. The van der Waals surface area contributed by atoms with E-state index in [1.807, 2.05) is 18.2 Å². The first-order valence-electron chi connectivity index (χ1n) is 6.52. The molecule has 104 valence electrons. The van der Waals surface area contributed by atoms with Crippen LogP contribution in [0.5, 0.6) is 0 Å². The average molecular weight is 334 g/mol. The maximum atomic E-state index is 11.6. The number of ketones is 2. The van der Waals surface area contributed by atoms with Gasteiger partial charge in [0.25, 0.3) is 0 Å². The van der Waals surface area contributed by atoms with Crippen molar-refractivity contribution < 1.29 is 9.59 Å². The van der Waals surface area contributed by atoms with Crippen LogP contribution in [0.1, 0.15) is 17.9 Å². The smallest absolute Gasteiger partial charge is 0.226 e. The molecule has 1 N–H and O–H groups in total. The Labute approximate surface area is 128 Å². The number of hydrogen-bond donors (Lipinski definition) is 1. The minimum atomic E-state index is -0.401. The van der Waals surface area contributed by atoms with Crippen LogP contribution in [0.2, 0.25) is 0 Å². The highest BCUT2D eigenvalue weighted by Crippen LogP contribution is 2.34. The van der Waals surface area contributed by atoms with Crippen molar-refractivity contribution in [3.05, 3.63) is 59.2 Å². The fourth-order valence-corrected chi connectivity index (χ4v) is 2.72. The molecule has 0 saturated carbocycles.